The van der Waals surface area contributed by atoms with Gasteiger partial charge in [0.05, 0.1) is 17.1 Å². The van der Waals surface area contributed by atoms with Crippen molar-refractivity contribution in [3.8, 4) is 0 Å². The third kappa shape index (κ3) is 3.58. The molecule has 0 saturated heterocycles. The van der Waals surface area contributed by atoms with Gasteiger partial charge in [-0.3, -0.25) is 0 Å². The number of nitrogens with zero attached hydrogens (tertiary/aromatic N) is 2. The molecular weight excluding hydrogens is 252 g/mol. The minimum absolute atomic E-state index is 0.349. The third-order valence-electron chi connectivity index (χ3n) is 3.48. The second-order valence-electron chi connectivity index (χ2n) is 5.16. The van der Waals surface area contributed by atoms with E-state index in [-0.39, 0.29) is 6.10 Å². The first-order valence-electron chi connectivity index (χ1n) is 7.37. The SMILES string of the molecule is CCCn1c(CC(O)CCCOC)nc2ccccc21. The first kappa shape index (κ1) is 15.0. The van der Waals surface area contributed by atoms with Crippen LogP contribution in [0.2, 0.25) is 0 Å². The Morgan fingerprint density at radius 3 is 2.90 bits per heavy atom. The van der Waals surface area contributed by atoms with Crippen LogP contribution in [0.15, 0.2) is 24.3 Å². The molecule has 0 aliphatic rings. The lowest BCUT2D eigenvalue weighted by Crippen LogP contribution is -2.15. The molecule has 2 aromatic rings. The first-order valence-corrected chi connectivity index (χ1v) is 7.37. The molecule has 4 nitrogen and oxygen atoms in total. The number of rotatable bonds is 8. The maximum Gasteiger partial charge on any atom is 0.112 e. The summed E-state index contributed by atoms with van der Waals surface area (Å²) in [5, 5.41) is 10.1. The molecule has 1 atom stereocenters. The van der Waals surface area contributed by atoms with E-state index in [4.69, 9.17) is 4.74 Å². The van der Waals surface area contributed by atoms with Crippen molar-refractivity contribution in [2.45, 2.75) is 45.3 Å². The number of ether oxygens (including phenoxy) is 1. The minimum atomic E-state index is -0.349. The molecule has 0 fully saturated rings. The smallest absolute Gasteiger partial charge is 0.112 e. The Balaban J connectivity index is 2.13. The second-order valence-corrected chi connectivity index (χ2v) is 5.16. The summed E-state index contributed by atoms with van der Waals surface area (Å²) in [6, 6.07) is 8.17. The van der Waals surface area contributed by atoms with Crippen molar-refractivity contribution < 1.29 is 9.84 Å². The Bertz CT molecular complexity index is 536. The zero-order chi connectivity index (χ0) is 14.4. The lowest BCUT2D eigenvalue weighted by atomic mass is 10.1. The molecule has 0 aliphatic carbocycles. The molecule has 1 aromatic carbocycles. The summed E-state index contributed by atoms with van der Waals surface area (Å²) in [6.07, 6.45) is 2.96. The Morgan fingerprint density at radius 2 is 2.15 bits per heavy atom. The lowest BCUT2D eigenvalue weighted by Gasteiger charge is -2.12. The number of aliphatic hydroxyl groups excluding tert-OH is 1. The Labute approximate surface area is 120 Å². The van der Waals surface area contributed by atoms with Crippen LogP contribution in [0.25, 0.3) is 11.0 Å². The maximum absolute atomic E-state index is 10.1. The number of aromatic nitrogens is 2. The monoisotopic (exact) mass is 276 g/mol. The van der Waals surface area contributed by atoms with E-state index in [1.807, 2.05) is 18.2 Å². The summed E-state index contributed by atoms with van der Waals surface area (Å²) >= 11 is 0. The summed E-state index contributed by atoms with van der Waals surface area (Å²) in [5.74, 6) is 0.984. The summed E-state index contributed by atoms with van der Waals surface area (Å²) in [6.45, 7) is 3.80. The topological polar surface area (TPSA) is 47.3 Å². The van der Waals surface area contributed by atoms with Crippen molar-refractivity contribution in [2.75, 3.05) is 13.7 Å². The average Bonchev–Trinajstić information content (AvgIpc) is 2.78. The summed E-state index contributed by atoms with van der Waals surface area (Å²) in [5.41, 5.74) is 2.17. The number of methoxy groups -OCH3 is 1. The molecule has 4 heteroatoms. The Hall–Kier alpha value is -1.39. The van der Waals surface area contributed by atoms with Crippen LogP contribution in [0.3, 0.4) is 0 Å². The van der Waals surface area contributed by atoms with Crippen molar-refractivity contribution in [2.24, 2.45) is 0 Å². The lowest BCUT2D eigenvalue weighted by molar-refractivity contribution is 0.133. The number of aryl methyl sites for hydroxylation is 1. The standard InChI is InChI=1S/C16H24N2O2/c1-3-10-18-15-9-5-4-8-14(15)17-16(18)12-13(19)7-6-11-20-2/h4-5,8-9,13,19H,3,6-7,10-12H2,1-2H3. The predicted octanol–water partition coefficient (Wildman–Crippen LogP) is 2.78. The molecule has 20 heavy (non-hydrogen) atoms. The van der Waals surface area contributed by atoms with Crippen LogP contribution in [-0.4, -0.2) is 34.5 Å². The van der Waals surface area contributed by atoms with E-state index in [9.17, 15) is 5.11 Å². The van der Waals surface area contributed by atoms with E-state index in [0.717, 1.165) is 42.7 Å². The number of fused-ring (bicyclic) bond motifs is 1. The molecule has 1 unspecified atom stereocenters. The van der Waals surface area contributed by atoms with Crippen LogP contribution < -0.4 is 0 Å². The van der Waals surface area contributed by atoms with Gasteiger partial charge in [-0.05, 0) is 31.4 Å². The van der Waals surface area contributed by atoms with E-state index < -0.39 is 0 Å². The number of imidazole rings is 1. The van der Waals surface area contributed by atoms with Crippen LogP contribution in [0.4, 0.5) is 0 Å². The molecule has 1 N–H and O–H groups in total. The van der Waals surface area contributed by atoms with E-state index >= 15 is 0 Å². The molecule has 0 spiro atoms. The van der Waals surface area contributed by atoms with Gasteiger partial charge >= 0.3 is 0 Å². The van der Waals surface area contributed by atoms with E-state index in [0.29, 0.717) is 13.0 Å². The highest BCUT2D eigenvalue weighted by molar-refractivity contribution is 5.75. The van der Waals surface area contributed by atoms with Crippen molar-refractivity contribution in [1.29, 1.82) is 0 Å². The largest absolute Gasteiger partial charge is 0.393 e. The zero-order valence-corrected chi connectivity index (χ0v) is 12.4. The molecule has 0 saturated carbocycles. The molecule has 0 amide bonds. The van der Waals surface area contributed by atoms with Crippen molar-refractivity contribution >= 4 is 11.0 Å². The number of benzene rings is 1. The second kappa shape index (κ2) is 7.41. The van der Waals surface area contributed by atoms with Gasteiger partial charge in [-0.15, -0.1) is 0 Å². The van der Waals surface area contributed by atoms with Crippen molar-refractivity contribution in [3.63, 3.8) is 0 Å². The Kier molecular flexibility index (Phi) is 5.56. The summed E-state index contributed by atoms with van der Waals surface area (Å²) in [4.78, 5) is 4.67. The van der Waals surface area contributed by atoms with Gasteiger partial charge in [-0.25, -0.2) is 4.98 Å². The molecule has 0 radical (unpaired) electrons. The highest BCUT2D eigenvalue weighted by atomic mass is 16.5. The maximum atomic E-state index is 10.1. The normalized spacial score (nSPS) is 12.9. The van der Waals surface area contributed by atoms with Crippen molar-refractivity contribution in [3.05, 3.63) is 30.1 Å². The fourth-order valence-electron chi connectivity index (χ4n) is 2.53. The van der Waals surface area contributed by atoms with Gasteiger partial charge in [0.1, 0.15) is 5.82 Å². The first-order chi connectivity index (χ1) is 9.76. The van der Waals surface area contributed by atoms with Crippen LogP contribution in [0.5, 0.6) is 0 Å². The van der Waals surface area contributed by atoms with Gasteiger partial charge in [0, 0.05) is 26.7 Å². The molecular formula is C16H24N2O2. The molecule has 1 aromatic heterocycles. The molecule has 1 heterocycles. The van der Waals surface area contributed by atoms with E-state index in [1.165, 1.54) is 0 Å². The van der Waals surface area contributed by atoms with Crippen LogP contribution in [-0.2, 0) is 17.7 Å². The van der Waals surface area contributed by atoms with Crippen LogP contribution >= 0.6 is 0 Å². The minimum Gasteiger partial charge on any atom is -0.393 e. The van der Waals surface area contributed by atoms with Gasteiger partial charge < -0.3 is 14.4 Å². The number of hydrogen-bond acceptors (Lipinski definition) is 3. The number of para-hydroxylation sites is 2. The van der Waals surface area contributed by atoms with Gasteiger partial charge in [0.15, 0.2) is 0 Å². The highest BCUT2D eigenvalue weighted by Gasteiger charge is 2.13. The van der Waals surface area contributed by atoms with Gasteiger partial charge in [0.25, 0.3) is 0 Å². The van der Waals surface area contributed by atoms with Crippen molar-refractivity contribution in [1.82, 2.24) is 9.55 Å². The Morgan fingerprint density at radius 1 is 1.35 bits per heavy atom. The highest BCUT2D eigenvalue weighted by Crippen LogP contribution is 2.18. The fourth-order valence-corrected chi connectivity index (χ4v) is 2.53. The van der Waals surface area contributed by atoms with Gasteiger partial charge in [0.2, 0.25) is 0 Å². The molecule has 110 valence electrons. The average molecular weight is 276 g/mol. The molecule has 0 aliphatic heterocycles. The number of aliphatic hydroxyl groups is 1. The quantitative estimate of drug-likeness (QED) is 0.754. The molecule has 0 bridgehead atoms. The van der Waals surface area contributed by atoms with Gasteiger partial charge in [-0.2, -0.15) is 0 Å². The third-order valence-corrected chi connectivity index (χ3v) is 3.48. The van der Waals surface area contributed by atoms with E-state index in [1.54, 1.807) is 7.11 Å². The van der Waals surface area contributed by atoms with Crippen LogP contribution in [0, 0.1) is 0 Å². The predicted molar refractivity (Wildman–Crippen MR) is 80.8 cm³/mol. The molecule has 2 rings (SSSR count). The summed E-state index contributed by atoms with van der Waals surface area (Å²) in [7, 11) is 1.69. The zero-order valence-electron chi connectivity index (χ0n) is 12.4. The summed E-state index contributed by atoms with van der Waals surface area (Å²) < 4.78 is 7.25. The van der Waals surface area contributed by atoms with E-state index in [2.05, 4.69) is 22.5 Å². The number of hydrogen-bond donors (Lipinski definition) is 1. The van der Waals surface area contributed by atoms with Gasteiger partial charge in [-0.1, -0.05) is 19.1 Å². The fraction of sp³-hybridized carbons (Fsp3) is 0.562. The van der Waals surface area contributed by atoms with Crippen LogP contribution in [0.1, 0.15) is 32.0 Å².